The molecule has 174 valence electrons. The van der Waals surface area contributed by atoms with Gasteiger partial charge in [0.2, 0.25) is 5.88 Å². The summed E-state index contributed by atoms with van der Waals surface area (Å²) in [5.74, 6) is -0.851. The molecule has 1 heterocycles. The van der Waals surface area contributed by atoms with Crippen molar-refractivity contribution in [3.05, 3.63) is 65.9 Å². The van der Waals surface area contributed by atoms with Crippen LogP contribution in [0.15, 0.2) is 64.0 Å². The minimum absolute atomic E-state index is 0.0288. The van der Waals surface area contributed by atoms with Gasteiger partial charge in [0, 0.05) is 13.1 Å². The summed E-state index contributed by atoms with van der Waals surface area (Å²) in [6.45, 7) is 3.10. The number of amides is 1. The van der Waals surface area contributed by atoms with Crippen molar-refractivity contribution >= 4 is 33.5 Å². The van der Waals surface area contributed by atoms with Crippen LogP contribution >= 0.6 is 0 Å². The molecule has 3 rings (SSSR count). The van der Waals surface area contributed by atoms with Gasteiger partial charge in [-0.1, -0.05) is 17.3 Å². The first-order valence-electron chi connectivity index (χ1n) is 9.80. The number of rotatable bonds is 8. The number of para-hydroxylation sites is 2. The Morgan fingerprint density at radius 3 is 2.39 bits per heavy atom. The van der Waals surface area contributed by atoms with Crippen molar-refractivity contribution in [3.8, 4) is 5.75 Å². The van der Waals surface area contributed by atoms with Crippen molar-refractivity contribution in [1.29, 1.82) is 0 Å². The number of methoxy groups -OCH3 is 1. The van der Waals surface area contributed by atoms with E-state index in [0.29, 0.717) is 17.1 Å². The summed E-state index contributed by atoms with van der Waals surface area (Å²) in [4.78, 5) is 24.5. The lowest BCUT2D eigenvalue weighted by Crippen LogP contribution is -2.30. The minimum Gasteiger partial charge on any atom is -0.495 e. The van der Waals surface area contributed by atoms with E-state index in [1.165, 1.54) is 51.4 Å². The number of ether oxygens (including phenoxy) is 2. The second-order valence-corrected chi connectivity index (χ2v) is 9.01. The van der Waals surface area contributed by atoms with Gasteiger partial charge in [0.1, 0.15) is 5.75 Å². The molecular weight excluding hydrogens is 450 g/mol. The number of nitrogens with zero attached hydrogens (tertiary/aromatic N) is 2. The molecule has 3 aromatic rings. The molecule has 2 aromatic carbocycles. The monoisotopic (exact) mass is 473 g/mol. The van der Waals surface area contributed by atoms with Crippen molar-refractivity contribution in [2.45, 2.75) is 24.8 Å². The fraction of sp³-hybridized carbons (Fsp3) is 0.227. The summed E-state index contributed by atoms with van der Waals surface area (Å²) < 4.78 is 42.4. The molecule has 1 atom stereocenters. The largest absolute Gasteiger partial charge is 0.495 e. The number of aromatic nitrogens is 1. The Balaban J connectivity index is 1.69. The lowest BCUT2D eigenvalue weighted by molar-refractivity contribution is -0.123. The Kier molecular flexibility index (Phi) is 7.02. The topological polar surface area (TPSA) is 128 Å². The highest BCUT2D eigenvalue weighted by Crippen LogP contribution is 2.30. The number of esters is 1. The summed E-state index contributed by atoms with van der Waals surface area (Å²) in [7, 11) is -1.06. The van der Waals surface area contributed by atoms with E-state index in [1.807, 2.05) is 0 Å². The van der Waals surface area contributed by atoms with Gasteiger partial charge in [-0.3, -0.25) is 14.4 Å². The van der Waals surface area contributed by atoms with E-state index in [4.69, 9.17) is 14.0 Å². The standard InChI is InChI=1S/C22H23N3O7S/c1-14-13-20(32-24-14)23-21(26)15(2)31-22(27)16-9-11-17(12-10-16)33(28,29)25(3)18-7-5-6-8-19(18)30-4/h5-13,15H,1-4H3,(H,23,26). The van der Waals surface area contributed by atoms with E-state index in [-0.39, 0.29) is 16.3 Å². The Labute approximate surface area is 191 Å². The van der Waals surface area contributed by atoms with Gasteiger partial charge in [-0.05, 0) is 50.2 Å². The van der Waals surface area contributed by atoms with Gasteiger partial charge in [-0.2, -0.15) is 0 Å². The number of nitrogens with one attached hydrogen (secondary N) is 1. The molecule has 0 fully saturated rings. The number of carbonyl (C=O) groups excluding carboxylic acids is 2. The third-order valence-electron chi connectivity index (χ3n) is 4.70. The summed E-state index contributed by atoms with van der Waals surface area (Å²) in [6.07, 6.45) is -1.12. The average molecular weight is 474 g/mol. The summed E-state index contributed by atoms with van der Waals surface area (Å²) >= 11 is 0. The molecule has 0 saturated carbocycles. The van der Waals surface area contributed by atoms with Crippen molar-refractivity contribution in [3.63, 3.8) is 0 Å². The van der Waals surface area contributed by atoms with Crippen LogP contribution < -0.4 is 14.4 Å². The van der Waals surface area contributed by atoms with E-state index in [2.05, 4.69) is 10.5 Å². The molecule has 0 aliphatic carbocycles. The van der Waals surface area contributed by atoms with E-state index in [9.17, 15) is 18.0 Å². The van der Waals surface area contributed by atoms with Crippen molar-refractivity contribution < 1.29 is 32.0 Å². The second kappa shape index (κ2) is 9.74. The first kappa shape index (κ1) is 23.8. The van der Waals surface area contributed by atoms with Crippen molar-refractivity contribution in [1.82, 2.24) is 5.16 Å². The SMILES string of the molecule is COc1ccccc1N(C)S(=O)(=O)c1ccc(C(=O)OC(C)C(=O)Nc2cc(C)no2)cc1. The lowest BCUT2D eigenvalue weighted by atomic mass is 10.2. The predicted octanol–water partition coefficient (Wildman–Crippen LogP) is 3.00. The summed E-state index contributed by atoms with van der Waals surface area (Å²) in [5, 5.41) is 6.10. The maximum absolute atomic E-state index is 13.0. The van der Waals surface area contributed by atoms with Crippen molar-refractivity contribution in [2.24, 2.45) is 0 Å². The third-order valence-corrected chi connectivity index (χ3v) is 6.49. The Hall–Kier alpha value is -3.86. The molecule has 1 amide bonds. The molecule has 1 N–H and O–H groups in total. The van der Waals surface area contributed by atoms with Crippen LogP contribution in [0.4, 0.5) is 11.6 Å². The first-order valence-corrected chi connectivity index (χ1v) is 11.2. The quantitative estimate of drug-likeness (QED) is 0.495. The number of aryl methyl sites for hydroxylation is 1. The van der Waals surface area contributed by atoms with Crippen LogP contribution in [0.1, 0.15) is 23.0 Å². The van der Waals surface area contributed by atoms with Gasteiger partial charge >= 0.3 is 5.97 Å². The van der Waals surface area contributed by atoms with Gasteiger partial charge in [-0.25, -0.2) is 13.2 Å². The van der Waals surface area contributed by atoms with Crippen LogP contribution in [0.5, 0.6) is 5.75 Å². The summed E-state index contributed by atoms with van der Waals surface area (Å²) in [5.41, 5.74) is 1.04. The molecule has 1 unspecified atom stereocenters. The smallest absolute Gasteiger partial charge is 0.338 e. The highest BCUT2D eigenvalue weighted by molar-refractivity contribution is 7.92. The molecule has 10 nitrogen and oxygen atoms in total. The van der Waals surface area contributed by atoms with E-state index in [1.54, 1.807) is 31.2 Å². The Bertz CT molecular complexity index is 1250. The highest BCUT2D eigenvalue weighted by Gasteiger charge is 2.25. The molecular formula is C22H23N3O7S. The molecule has 33 heavy (non-hydrogen) atoms. The molecule has 0 aliphatic heterocycles. The van der Waals surface area contributed by atoms with Gasteiger partial charge < -0.3 is 14.0 Å². The maximum Gasteiger partial charge on any atom is 0.338 e. The molecule has 0 saturated heterocycles. The van der Waals surface area contributed by atoms with Gasteiger partial charge in [0.15, 0.2) is 6.10 Å². The van der Waals surface area contributed by atoms with E-state index in [0.717, 1.165) is 4.31 Å². The molecule has 11 heteroatoms. The zero-order valence-corrected chi connectivity index (χ0v) is 19.3. The lowest BCUT2D eigenvalue weighted by Gasteiger charge is -2.21. The average Bonchev–Trinajstić information content (AvgIpc) is 3.22. The predicted molar refractivity (Wildman–Crippen MR) is 120 cm³/mol. The van der Waals surface area contributed by atoms with Gasteiger partial charge in [0.25, 0.3) is 15.9 Å². The number of hydrogen-bond donors (Lipinski definition) is 1. The zero-order chi connectivity index (χ0) is 24.2. The number of benzene rings is 2. The maximum atomic E-state index is 13.0. The van der Waals surface area contributed by atoms with Gasteiger partial charge in [0.05, 0.1) is 29.0 Å². The third kappa shape index (κ3) is 5.32. The molecule has 0 spiro atoms. The minimum atomic E-state index is -3.92. The first-order chi connectivity index (χ1) is 15.6. The molecule has 0 bridgehead atoms. The normalized spacial score (nSPS) is 12.0. The number of sulfonamides is 1. The Morgan fingerprint density at radius 2 is 1.79 bits per heavy atom. The number of carbonyl (C=O) groups is 2. The van der Waals surface area contributed by atoms with E-state index >= 15 is 0 Å². The van der Waals surface area contributed by atoms with Crippen LogP contribution in [0.25, 0.3) is 0 Å². The van der Waals surface area contributed by atoms with Crippen LogP contribution in [-0.2, 0) is 19.6 Å². The Morgan fingerprint density at radius 1 is 1.12 bits per heavy atom. The molecule has 0 aliphatic rings. The zero-order valence-electron chi connectivity index (χ0n) is 18.4. The molecule has 0 radical (unpaired) electrons. The second-order valence-electron chi connectivity index (χ2n) is 7.04. The van der Waals surface area contributed by atoms with Crippen LogP contribution in [0.2, 0.25) is 0 Å². The molecule has 1 aromatic heterocycles. The number of hydrogen-bond acceptors (Lipinski definition) is 8. The fourth-order valence-electron chi connectivity index (χ4n) is 2.87. The van der Waals surface area contributed by atoms with E-state index < -0.39 is 28.0 Å². The van der Waals surface area contributed by atoms with Crippen LogP contribution in [-0.4, -0.2) is 45.7 Å². The van der Waals surface area contributed by atoms with Gasteiger partial charge in [-0.15, -0.1) is 0 Å². The van der Waals surface area contributed by atoms with Crippen LogP contribution in [0.3, 0.4) is 0 Å². The fourth-order valence-corrected chi connectivity index (χ4v) is 4.07. The van der Waals surface area contributed by atoms with Crippen molar-refractivity contribution in [2.75, 3.05) is 23.8 Å². The number of anilines is 2. The summed E-state index contributed by atoms with van der Waals surface area (Å²) in [6, 6.07) is 13.4. The van der Waals surface area contributed by atoms with Crippen LogP contribution in [0, 0.1) is 6.92 Å². The highest BCUT2D eigenvalue weighted by atomic mass is 32.2.